The molecule has 1 N–H and O–H groups in total. The second-order valence-electron chi connectivity index (χ2n) is 2.98. The van der Waals surface area contributed by atoms with Crippen molar-refractivity contribution < 1.29 is 14.3 Å². The molecule has 0 amide bonds. The zero-order valence-corrected chi connectivity index (χ0v) is 7.64. The maximum Gasteiger partial charge on any atom is 0.346 e. The van der Waals surface area contributed by atoms with Crippen molar-refractivity contribution >= 4 is 16.9 Å². The molecule has 0 aliphatic rings. The van der Waals surface area contributed by atoms with E-state index in [0.29, 0.717) is 10.9 Å². The summed E-state index contributed by atoms with van der Waals surface area (Å²) in [4.78, 5) is 25.7. The summed E-state index contributed by atoms with van der Waals surface area (Å²) >= 11 is 0. The summed E-state index contributed by atoms with van der Waals surface area (Å²) in [5.74, 6) is -1.16. The SMILES string of the molecule is O=C(O)Cc1nc2ccccc2c(=O)o1. The van der Waals surface area contributed by atoms with Crippen LogP contribution in [0.15, 0.2) is 33.5 Å². The van der Waals surface area contributed by atoms with Gasteiger partial charge in [-0.25, -0.2) is 9.78 Å². The van der Waals surface area contributed by atoms with Gasteiger partial charge in [-0.2, -0.15) is 0 Å². The lowest BCUT2D eigenvalue weighted by atomic mass is 10.2. The Hall–Kier alpha value is -2.17. The van der Waals surface area contributed by atoms with E-state index in [1.807, 2.05) is 0 Å². The van der Waals surface area contributed by atoms with Crippen LogP contribution in [0.25, 0.3) is 10.9 Å². The first-order chi connectivity index (χ1) is 7.16. The Morgan fingerprint density at radius 1 is 1.40 bits per heavy atom. The second kappa shape index (κ2) is 3.53. The number of carbonyl (C=O) groups is 1. The molecule has 0 saturated heterocycles. The van der Waals surface area contributed by atoms with Gasteiger partial charge >= 0.3 is 11.6 Å². The Morgan fingerprint density at radius 3 is 2.87 bits per heavy atom. The van der Waals surface area contributed by atoms with Crippen LogP contribution < -0.4 is 5.63 Å². The number of para-hydroxylation sites is 1. The van der Waals surface area contributed by atoms with Crippen molar-refractivity contribution in [2.75, 3.05) is 0 Å². The number of nitrogens with zero attached hydrogens (tertiary/aromatic N) is 1. The Morgan fingerprint density at radius 2 is 2.13 bits per heavy atom. The molecule has 0 atom stereocenters. The molecule has 5 heteroatoms. The van der Waals surface area contributed by atoms with E-state index < -0.39 is 11.6 Å². The van der Waals surface area contributed by atoms with Gasteiger partial charge in [0, 0.05) is 0 Å². The normalized spacial score (nSPS) is 10.4. The lowest BCUT2D eigenvalue weighted by Crippen LogP contribution is -2.09. The highest BCUT2D eigenvalue weighted by Crippen LogP contribution is 2.07. The highest BCUT2D eigenvalue weighted by molar-refractivity contribution is 5.77. The largest absolute Gasteiger partial charge is 0.481 e. The van der Waals surface area contributed by atoms with Crippen LogP contribution in [0.5, 0.6) is 0 Å². The first-order valence-corrected chi connectivity index (χ1v) is 4.27. The number of aliphatic carboxylic acids is 1. The molecule has 15 heavy (non-hydrogen) atoms. The standard InChI is InChI=1S/C10H7NO4/c12-9(13)5-8-11-7-4-2-1-3-6(7)10(14)15-8/h1-4H,5H2,(H,12,13). The van der Waals surface area contributed by atoms with E-state index in [1.54, 1.807) is 24.3 Å². The number of carboxylic acids is 1. The molecule has 2 rings (SSSR count). The third kappa shape index (κ3) is 1.85. The predicted molar refractivity (Wildman–Crippen MR) is 51.6 cm³/mol. The van der Waals surface area contributed by atoms with Crippen LogP contribution in [-0.4, -0.2) is 16.1 Å². The minimum Gasteiger partial charge on any atom is -0.481 e. The lowest BCUT2D eigenvalue weighted by Gasteiger charge is -1.97. The fraction of sp³-hybridized carbons (Fsp3) is 0.100. The zero-order chi connectivity index (χ0) is 10.8. The Balaban J connectivity index is 2.62. The van der Waals surface area contributed by atoms with Gasteiger partial charge in [0.1, 0.15) is 6.42 Å². The quantitative estimate of drug-likeness (QED) is 0.784. The molecular formula is C10H7NO4. The van der Waals surface area contributed by atoms with Crippen LogP contribution in [0.1, 0.15) is 5.89 Å². The van der Waals surface area contributed by atoms with Gasteiger partial charge in [-0.3, -0.25) is 4.79 Å². The van der Waals surface area contributed by atoms with Crippen LogP contribution in [0.2, 0.25) is 0 Å². The van der Waals surface area contributed by atoms with E-state index in [1.165, 1.54) is 0 Å². The van der Waals surface area contributed by atoms with Crippen LogP contribution in [0.4, 0.5) is 0 Å². The average molecular weight is 205 g/mol. The first-order valence-electron chi connectivity index (χ1n) is 4.27. The van der Waals surface area contributed by atoms with Crippen LogP contribution >= 0.6 is 0 Å². The van der Waals surface area contributed by atoms with Gasteiger partial charge in [-0.15, -0.1) is 0 Å². The maximum atomic E-state index is 11.4. The molecular weight excluding hydrogens is 198 g/mol. The lowest BCUT2D eigenvalue weighted by molar-refractivity contribution is -0.136. The van der Waals surface area contributed by atoms with E-state index in [4.69, 9.17) is 9.52 Å². The van der Waals surface area contributed by atoms with Gasteiger partial charge in [0.2, 0.25) is 5.89 Å². The number of fused-ring (bicyclic) bond motifs is 1. The molecule has 0 fully saturated rings. The van der Waals surface area contributed by atoms with Crippen molar-refractivity contribution in [3.05, 3.63) is 40.6 Å². The van der Waals surface area contributed by atoms with Crippen LogP contribution in [-0.2, 0) is 11.2 Å². The summed E-state index contributed by atoms with van der Waals surface area (Å²) in [5, 5.41) is 8.88. The summed E-state index contributed by atoms with van der Waals surface area (Å²) < 4.78 is 4.75. The summed E-state index contributed by atoms with van der Waals surface area (Å²) in [7, 11) is 0. The van der Waals surface area contributed by atoms with E-state index >= 15 is 0 Å². The molecule has 0 aliphatic heterocycles. The summed E-state index contributed by atoms with van der Waals surface area (Å²) in [6.45, 7) is 0. The zero-order valence-electron chi connectivity index (χ0n) is 7.64. The van der Waals surface area contributed by atoms with Crippen LogP contribution in [0.3, 0.4) is 0 Å². The van der Waals surface area contributed by atoms with Gasteiger partial charge in [0.15, 0.2) is 0 Å². The first kappa shape index (κ1) is 9.39. The Bertz CT molecular complexity index is 573. The fourth-order valence-corrected chi connectivity index (χ4v) is 1.27. The molecule has 76 valence electrons. The molecule has 0 saturated carbocycles. The van der Waals surface area contributed by atoms with Crippen molar-refractivity contribution in [1.29, 1.82) is 0 Å². The van der Waals surface area contributed by atoms with E-state index in [2.05, 4.69) is 4.98 Å². The van der Waals surface area contributed by atoms with E-state index in [-0.39, 0.29) is 12.3 Å². The monoisotopic (exact) mass is 205 g/mol. The topological polar surface area (TPSA) is 80.4 Å². The highest BCUT2D eigenvalue weighted by Gasteiger charge is 2.08. The predicted octanol–water partition coefficient (Wildman–Crippen LogP) is 0.815. The van der Waals surface area contributed by atoms with Gasteiger partial charge < -0.3 is 9.52 Å². The second-order valence-corrected chi connectivity index (χ2v) is 2.98. The number of benzene rings is 1. The molecule has 0 unspecified atom stereocenters. The van der Waals surface area contributed by atoms with Gasteiger partial charge in [0.05, 0.1) is 10.9 Å². The third-order valence-electron chi connectivity index (χ3n) is 1.88. The number of hydrogen-bond donors (Lipinski definition) is 1. The van der Waals surface area contributed by atoms with Crippen molar-refractivity contribution in [1.82, 2.24) is 4.98 Å². The summed E-state index contributed by atoms with van der Waals surface area (Å²) in [6.07, 6.45) is -0.389. The average Bonchev–Trinajstić information content (AvgIpc) is 2.16. The maximum absolute atomic E-state index is 11.4. The van der Waals surface area contributed by atoms with E-state index in [0.717, 1.165) is 0 Å². The summed E-state index contributed by atoms with van der Waals surface area (Å²) in [5.41, 5.74) is -0.109. The molecule has 0 spiro atoms. The highest BCUT2D eigenvalue weighted by atomic mass is 16.4. The molecule has 1 heterocycles. The van der Waals surface area contributed by atoms with Crippen molar-refractivity contribution in [2.45, 2.75) is 6.42 Å². The Kier molecular flexibility index (Phi) is 2.21. The molecule has 0 bridgehead atoms. The van der Waals surface area contributed by atoms with Crippen molar-refractivity contribution in [3.63, 3.8) is 0 Å². The molecule has 5 nitrogen and oxygen atoms in total. The van der Waals surface area contributed by atoms with Crippen LogP contribution in [0, 0.1) is 0 Å². The van der Waals surface area contributed by atoms with Gasteiger partial charge in [0.25, 0.3) is 0 Å². The fourth-order valence-electron chi connectivity index (χ4n) is 1.27. The number of aromatic nitrogens is 1. The third-order valence-corrected chi connectivity index (χ3v) is 1.88. The van der Waals surface area contributed by atoms with E-state index in [9.17, 15) is 9.59 Å². The molecule has 1 aromatic heterocycles. The Labute approximate surface area is 84.0 Å². The molecule has 1 aromatic carbocycles. The minimum atomic E-state index is -1.08. The van der Waals surface area contributed by atoms with Gasteiger partial charge in [-0.1, -0.05) is 12.1 Å². The number of carboxylic acid groups (broad SMARTS) is 1. The number of rotatable bonds is 2. The summed E-state index contributed by atoms with van der Waals surface area (Å²) in [6, 6.07) is 6.63. The van der Waals surface area contributed by atoms with Crippen molar-refractivity contribution in [2.24, 2.45) is 0 Å². The smallest absolute Gasteiger partial charge is 0.346 e. The number of hydrogen-bond acceptors (Lipinski definition) is 4. The minimum absolute atomic E-state index is 0.0776. The molecule has 0 radical (unpaired) electrons. The molecule has 0 aliphatic carbocycles. The molecule has 2 aromatic rings. The van der Waals surface area contributed by atoms with Crippen molar-refractivity contribution in [3.8, 4) is 0 Å². The van der Waals surface area contributed by atoms with Gasteiger partial charge in [-0.05, 0) is 12.1 Å².